The van der Waals surface area contributed by atoms with Crippen LogP contribution in [0.15, 0.2) is 84.9 Å². The average molecular weight is 488 g/mol. The molecule has 0 heterocycles. The van der Waals surface area contributed by atoms with Crippen molar-refractivity contribution in [2.75, 3.05) is 0 Å². The van der Waals surface area contributed by atoms with Crippen molar-refractivity contribution < 1.29 is 22.4 Å². The maximum atomic E-state index is 3.60. The predicted octanol–water partition coefficient (Wildman–Crippen LogP) is 8.86. The molecule has 0 aliphatic heterocycles. The monoisotopic (exact) mass is 487 g/mol. The van der Waals surface area contributed by atoms with E-state index in [1.807, 2.05) is 6.07 Å². The van der Waals surface area contributed by atoms with E-state index in [9.17, 15) is 0 Å². The molecule has 0 nitrogen and oxygen atoms in total. The van der Waals surface area contributed by atoms with Gasteiger partial charge in [-0.1, -0.05) is 68.1 Å². The first-order chi connectivity index (χ1) is 14.7. The maximum Gasteiger partial charge on any atom is 0 e. The molecule has 0 aromatic heterocycles. The van der Waals surface area contributed by atoms with Gasteiger partial charge in [0, 0.05) is 22.4 Å². The van der Waals surface area contributed by atoms with Gasteiger partial charge in [-0.3, -0.25) is 0 Å². The van der Waals surface area contributed by atoms with Crippen LogP contribution in [-0.2, 0) is 28.8 Å². The summed E-state index contributed by atoms with van der Waals surface area (Å²) >= 11 is 0. The van der Waals surface area contributed by atoms with E-state index < -0.39 is 0 Å². The minimum atomic E-state index is 0. The fraction of sp³-hybridized carbons (Fsp3) is 0.233. The van der Waals surface area contributed by atoms with Crippen molar-refractivity contribution in [1.29, 1.82) is 0 Å². The Morgan fingerprint density at radius 2 is 1.42 bits per heavy atom. The SMILES string of the molecule is [CH2-]CCC.[CH2-]CCC.[Nb].[c-]1cccc2c1Cc1ccccc1-2.c1ccc2[cH-]ccc2c1. The summed E-state index contributed by atoms with van der Waals surface area (Å²) < 4.78 is 0. The zero-order valence-electron chi connectivity index (χ0n) is 19.0. The van der Waals surface area contributed by atoms with E-state index in [0.717, 1.165) is 19.3 Å². The summed E-state index contributed by atoms with van der Waals surface area (Å²) in [5.74, 6) is 0. The molecule has 4 aromatic carbocycles. The third kappa shape index (κ3) is 8.57. The summed E-state index contributed by atoms with van der Waals surface area (Å²) in [7, 11) is 0. The van der Waals surface area contributed by atoms with Crippen LogP contribution in [0.2, 0.25) is 0 Å². The average Bonchev–Trinajstić information content (AvgIpc) is 3.44. The van der Waals surface area contributed by atoms with Crippen molar-refractivity contribution in [3.63, 3.8) is 0 Å². The summed E-state index contributed by atoms with van der Waals surface area (Å²) in [5, 5.41) is 2.66. The third-order valence-corrected chi connectivity index (χ3v) is 4.87. The molecule has 4 aromatic rings. The molecule has 0 N–H and O–H groups in total. The fourth-order valence-corrected chi connectivity index (χ4v) is 3.07. The Morgan fingerprint density at radius 1 is 0.806 bits per heavy atom. The molecule has 5 rings (SSSR count). The Morgan fingerprint density at radius 3 is 2.10 bits per heavy atom. The van der Waals surface area contributed by atoms with E-state index in [1.54, 1.807) is 0 Å². The second-order valence-corrected chi connectivity index (χ2v) is 7.26. The van der Waals surface area contributed by atoms with Crippen LogP contribution in [0, 0.1) is 19.9 Å². The quantitative estimate of drug-likeness (QED) is 0.172. The molecule has 1 heteroatoms. The van der Waals surface area contributed by atoms with Crippen molar-refractivity contribution in [3.05, 3.63) is 116 Å². The molecular weight excluding hydrogens is 453 g/mol. The molecule has 0 saturated carbocycles. The van der Waals surface area contributed by atoms with Crippen LogP contribution in [0.4, 0.5) is 0 Å². The van der Waals surface area contributed by atoms with Gasteiger partial charge >= 0.3 is 0 Å². The van der Waals surface area contributed by atoms with Crippen LogP contribution < -0.4 is 0 Å². The molecule has 1 aliphatic carbocycles. The largest absolute Gasteiger partial charge is 0.343 e. The summed E-state index contributed by atoms with van der Waals surface area (Å²) in [6, 6.07) is 32.8. The van der Waals surface area contributed by atoms with E-state index in [2.05, 4.69) is 113 Å². The Bertz CT molecular complexity index is 899. The van der Waals surface area contributed by atoms with Crippen LogP contribution in [0.3, 0.4) is 0 Å². The molecule has 0 unspecified atom stereocenters. The van der Waals surface area contributed by atoms with Crippen molar-refractivity contribution in [3.8, 4) is 11.1 Å². The third-order valence-electron chi connectivity index (χ3n) is 4.87. The van der Waals surface area contributed by atoms with Gasteiger partial charge in [-0.25, -0.2) is 0 Å². The van der Waals surface area contributed by atoms with Gasteiger partial charge in [0.1, 0.15) is 0 Å². The zero-order chi connectivity index (χ0) is 21.6. The molecule has 0 spiro atoms. The molecule has 0 bridgehead atoms. The molecule has 31 heavy (non-hydrogen) atoms. The predicted molar refractivity (Wildman–Crippen MR) is 134 cm³/mol. The Kier molecular flexibility index (Phi) is 13.7. The van der Waals surface area contributed by atoms with Crippen LogP contribution in [0.25, 0.3) is 21.9 Å². The molecule has 0 atom stereocenters. The van der Waals surface area contributed by atoms with E-state index in [1.165, 1.54) is 45.9 Å². The van der Waals surface area contributed by atoms with E-state index in [0.29, 0.717) is 0 Å². The first kappa shape index (κ1) is 27.0. The van der Waals surface area contributed by atoms with E-state index in [-0.39, 0.29) is 22.4 Å². The van der Waals surface area contributed by atoms with Crippen LogP contribution >= 0.6 is 0 Å². The van der Waals surface area contributed by atoms with Gasteiger partial charge in [-0.15, -0.1) is 35.2 Å². The smallest absolute Gasteiger partial charge is 0 e. The number of unbranched alkanes of at least 4 members (excludes halogenated alkanes) is 2. The number of fused-ring (bicyclic) bond motifs is 4. The minimum absolute atomic E-state index is 0. The number of hydrogen-bond donors (Lipinski definition) is 0. The second kappa shape index (κ2) is 15.8. The Hall–Kier alpha value is -1.99. The Balaban J connectivity index is 0.000000234. The molecule has 163 valence electrons. The van der Waals surface area contributed by atoms with Gasteiger partial charge < -0.3 is 13.8 Å². The van der Waals surface area contributed by atoms with Crippen molar-refractivity contribution in [1.82, 2.24) is 0 Å². The summed E-state index contributed by atoms with van der Waals surface area (Å²) in [6.45, 7) is 11.4. The fourth-order valence-electron chi connectivity index (χ4n) is 3.07. The summed E-state index contributed by atoms with van der Waals surface area (Å²) in [4.78, 5) is 0. The minimum Gasteiger partial charge on any atom is -0.343 e. The van der Waals surface area contributed by atoms with Crippen molar-refractivity contribution >= 4 is 10.8 Å². The van der Waals surface area contributed by atoms with Crippen LogP contribution in [-0.4, -0.2) is 0 Å². The first-order valence-corrected chi connectivity index (χ1v) is 11.0. The van der Waals surface area contributed by atoms with Gasteiger partial charge in [0.2, 0.25) is 0 Å². The standard InChI is InChI=1S/C13H9.C9H7.2C4H9.Nb/c1-3-7-12-10(5-1)9-11-6-2-4-8-13(11)12;1-2-5-9-7-3-6-8(9)4-1;2*1-3-4-2;/h1-5,7-8H,9H2;1-7H;2*1,3-4H2,2H3;/q4*-1;. The molecule has 0 fully saturated rings. The number of benzene rings is 3. The second-order valence-electron chi connectivity index (χ2n) is 7.26. The Labute approximate surface area is 205 Å². The summed E-state index contributed by atoms with van der Waals surface area (Å²) in [6.07, 6.45) is 5.60. The molecular formula is C30H34Nb-4. The normalized spacial score (nSPS) is 10.1. The summed E-state index contributed by atoms with van der Waals surface area (Å²) in [5.41, 5.74) is 5.51. The van der Waals surface area contributed by atoms with Gasteiger partial charge in [-0.05, 0) is 6.42 Å². The number of rotatable bonds is 2. The molecule has 1 aliphatic rings. The van der Waals surface area contributed by atoms with Crippen molar-refractivity contribution in [2.45, 2.75) is 46.0 Å². The topological polar surface area (TPSA) is 0 Å². The molecule has 0 saturated heterocycles. The van der Waals surface area contributed by atoms with Crippen LogP contribution in [0.1, 0.15) is 50.7 Å². The molecule has 0 amide bonds. The van der Waals surface area contributed by atoms with Crippen molar-refractivity contribution in [2.24, 2.45) is 0 Å². The maximum absolute atomic E-state index is 3.60. The van der Waals surface area contributed by atoms with Crippen LogP contribution in [0.5, 0.6) is 0 Å². The van der Waals surface area contributed by atoms with Gasteiger partial charge in [-0.2, -0.15) is 60.2 Å². The van der Waals surface area contributed by atoms with Gasteiger partial charge in [0.05, 0.1) is 0 Å². The van der Waals surface area contributed by atoms with Gasteiger partial charge in [0.15, 0.2) is 0 Å². The zero-order valence-corrected chi connectivity index (χ0v) is 21.2. The first-order valence-electron chi connectivity index (χ1n) is 11.0. The van der Waals surface area contributed by atoms with E-state index >= 15 is 0 Å². The van der Waals surface area contributed by atoms with E-state index in [4.69, 9.17) is 0 Å². The van der Waals surface area contributed by atoms with Gasteiger partial charge in [0.25, 0.3) is 0 Å². The number of hydrogen-bond acceptors (Lipinski definition) is 0. The molecule has 1 radical (unpaired) electrons.